The van der Waals surface area contributed by atoms with Crippen molar-refractivity contribution >= 4 is 28.6 Å². The van der Waals surface area contributed by atoms with Gasteiger partial charge < -0.3 is 15.0 Å². The molecular formula is C25H28ClF3N4O3. The summed E-state index contributed by atoms with van der Waals surface area (Å²) in [5.41, 5.74) is -0.946. The third kappa shape index (κ3) is 7.19. The number of pyridine rings is 1. The van der Waals surface area contributed by atoms with Crippen molar-refractivity contribution in [2.24, 2.45) is 0 Å². The summed E-state index contributed by atoms with van der Waals surface area (Å²) in [6.07, 6.45) is -2.48. The van der Waals surface area contributed by atoms with Gasteiger partial charge in [-0.25, -0.2) is 14.8 Å². The molecule has 3 aromatic rings. The van der Waals surface area contributed by atoms with E-state index >= 15 is 0 Å². The number of aromatic nitrogens is 3. The second kappa shape index (κ2) is 10.9. The zero-order valence-electron chi connectivity index (χ0n) is 20.4. The normalized spacial score (nSPS) is 13.0. The van der Waals surface area contributed by atoms with Crippen LogP contribution in [0, 0.1) is 0 Å². The molecule has 0 saturated heterocycles. The Bertz CT molecular complexity index is 1300. The fourth-order valence-electron chi connectivity index (χ4n) is 3.90. The van der Waals surface area contributed by atoms with Crippen LogP contribution >= 0.6 is 11.6 Å². The molecule has 0 aliphatic heterocycles. The number of halogens is 4. The number of aromatic amines is 1. The van der Waals surface area contributed by atoms with Crippen LogP contribution in [0.25, 0.3) is 10.9 Å². The van der Waals surface area contributed by atoms with Crippen LogP contribution < -0.4 is 10.9 Å². The number of unbranched alkanes of at least 4 members (excludes halogenated alkanes) is 1. The van der Waals surface area contributed by atoms with E-state index in [1.807, 2.05) is 0 Å². The Balaban J connectivity index is 1.75. The average molecular weight is 525 g/mol. The quantitative estimate of drug-likeness (QED) is 0.286. The maximum absolute atomic E-state index is 13.8. The molecule has 7 nitrogen and oxygen atoms in total. The number of rotatable bonds is 7. The monoisotopic (exact) mass is 524 g/mol. The first-order valence-corrected chi connectivity index (χ1v) is 11.9. The van der Waals surface area contributed by atoms with Crippen molar-refractivity contribution in [3.63, 3.8) is 0 Å². The maximum atomic E-state index is 13.8. The average Bonchev–Trinajstić information content (AvgIpc) is 2.75. The number of carbonyl (C=O) groups excluding carboxylic acids is 1. The standard InChI is InChI=1S/C25H28ClF3N4O3/c1-14(31-23(35)36-24(2,3)4)15-9-7-10-18(25(27,28)29)16(15)8-5-6-11-21-32-19-13-30-20(26)12-17(19)22(34)33-21/h7,9-10,12-14H,5-6,8,11H2,1-4H3,(H,31,35)(H,32,33,34)/t14-/m1/s1. The predicted molar refractivity (Wildman–Crippen MR) is 131 cm³/mol. The molecule has 194 valence electrons. The van der Waals surface area contributed by atoms with Gasteiger partial charge in [-0.1, -0.05) is 23.7 Å². The summed E-state index contributed by atoms with van der Waals surface area (Å²) >= 11 is 5.82. The zero-order valence-corrected chi connectivity index (χ0v) is 21.2. The summed E-state index contributed by atoms with van der Waals surface area (Å²) in [6.45, 7) is 6.73. The molecule has 0 aliphatic carbocycles. The van der Waals surface area contributed by atoms with Crippen LogP contribution in [0.5, 0.6) is 0 Å². The number of amides is 1. The highest BCUT2D eigenvalue weighted by atomic mass is 35.5. The van der Waals surface area contributed by atoms with Crippen molar-refractivity contribution in [1.82, 2.24) is 20.3 Å². The molecule has 0 spiro atoms. The van der Waals surface area contributed by atoms with Gasteiger partial charge in [-0.15, -0.1) is 0 Å². The number of benzene rings is 1. The second-order valence-corrected chi connectivity index (χ2v) is 9.87. The minimum atomic E-state index is -4.55. The summed E-state index contributed by atoms with van der Waals surface area (Å²) in [5, 5.41) is 3.11. The first-order valence-electron chi connectivity index (χ1n) is 11.5. The topological polar surface area (TPSA) is 97.0 Å². The molecule has 0 fully saturated rings. The van der Waals surface area contributed by atoms with Crippen LogP contribution in [0.15, 0.2) is 35.3 Å². The largest absolute Gasteiger partial charge is 0.444 e. The van der Waals surface area contributed by atoms with E-state index in [4.69, 9.17) is 16.3 Å². The van der Waals surface area contributed by atoms with Crippen molar-refractivity contribution in [3.8, 4) is 0 Å². The lowest BCUT2D eigenvalue weighted by Crippen LogP contribution is -2.34. The number of alkyl carbamates (subject to hydrolysis) is 1. The molecule has 1 amide bonds. The highest BCUT2D eigenvalue weighted by molar-refractivity contribution is 6.30. The van der Waals surface area contributed by atoms with Gasteiger partial charge in [0, 0.05) is 6.42 Å². The van der Waals surface area contributed by atoms with Crippen molar-refractivity contribution in [2.75, 3.05) is 0 Å². The first-order chi connectivity index (χ1) is 16.7. The molecule has 2 heterocycles. The van der Waals surface area contributed by atoms with Crippen LogP contribution in [0.2, 0.25) is 5.15 Å². The number of nitrogens with zero attached hydrogens (tertiary/aromatic N) is 2. The maximum Gasteiger partial charge on any atom is 0.416 e. The van der Waals surface area contributed by atoms with Crippen molar-refractivity contribution < 1.29 is 22.7 Å². The number of carbonyl (C=O) groups is 1. The van der Waals surface area contributed by atoms with Gasteiger partial charge in [-0.2, -0.15) is 13.2 Å². The van der Waals surface area contributed by atoms with Gasteiger partial charge in [0.1, 0.15) is 16.6 Å². The summed E-state index contributed by atoms with van der Waals surface area (Å²) in [5.74, 6) is 0.418. The molecule has 1 atom stereocenters. The molecule has 1 aromatic carbocycles. The van der Waals surface area contributed by atoms with Gasteiger partial charge in [0.15, 0.2) is 0 Å². The number of nitrogens with one attached hydrogen (secondary N) is 2. The SMILES string of the molecule is C[C@@H](NC(=O)OC(C)(C)C)c1cccc(C(F)(F)F)c1CCCCc1nc2cnc(Cl)cc2c(=O)[nH]1. The van der Waals surface area contributed by atoms with Gasteiger partial charge in [0.05, 0.1) is 28.7 Å². The Morgan fingerprint density at radius 1 is 1.19 bits per heavy atom. The Hall–Kier alpha value is -3.14. The van der Waals surface area contributed by atoms with E-state index in [0.717, 1.165) is 6.07 Å². The lowest BCUT2D eigenvalue weighted by molar-refractivity contribution is -0.138. The number of ether oxygens (including phenoxy) is 1. The number of aryl methyl sites for hydroxylation is 1. The molecule has 2 aromatic heterocycles. The van der Waals surface area contributed by atoms with E-state index in [1.54, 1.807) is 33.8 Å². The summed E-state index contributed by atoms with van der Waals surface area (Å²) in [7, 11) is 0. The highest BCUT2D eigenvalue weighted by Crippen LogP contribution is 2.36. The summed E-state index contributed by atoms with van der Waals surface area (Å²) in [6, 6.07) is 4.68. The van der Waals surface area contributed by atoms with Crippen molar-refractivity contribution in [2.45, 2.75) is 71.2 Å². The highest BCUT2D eigenvalue weighted by Gasteiger charge is 2.34. The molecule has 11 heteroatoms. The molecule has 36 heavy (non-hydrogen) atoms. The summed E-state index contributed by atoms with van der Waals surface area (Å²) < 4.78 is 46.6. The number of hydrogen-bond donors (Lipinski definition) is 2. The molecule has 0 aliphatic rings. The van der Waals surface area contributed by atoms with E-state index < -0.39 is 29.5 Å². The van der Waals surface area contributed by atoms with Crippen LogP contribution in [-0.4, -0.2) is 26.6 Å². The Kier molecular flexibility index (Phi) is 8.28. The van der Waals surface area contributed by atoms with Gasteiger partial charge in [-0.05, 0) is 70.2 Å². The number of alkyl halides is 3. The van der Waals surface area contributed by atoms with Crippen LogP contribution in [0.4, 0.5) is 18.0 Å². The molecule has 3 rings (SSSR count). The first kappa shape index (κ1) is 27.4. The minimum Gasteiger partial charge on any atom is -0.444 e. The van der Waals surface area contributed by atoms with Crippen LogP contribution in [0.3, 0.4) is 0 Å². The zero-order chi connectivity index (χ0) is 26.7. The van der Waals surface area contributed by atoms with Gasteiger partial charge in [-0.3, -0.25) is 4.79 Å². The lowest BCUT2D eigenvalue weighted by atomic mass is 9.92. The van der Waals surface area contributed by atoms with Gasteiger partial charge in [0.2, 0.25) is 0 Å². The molecule has 0 saturated carbocycles. The minimum absolute atomic E-state index is 0.118. The molecule has 0 bridgehead atoms. The van der Waals surface area contributed by atoms with Crippen LogP contribution in [0.1, 0.15) is 69.1 Å². The Labute approximate surface area is 211 Å². The van der Waals surface area contributed by atoms with Gasteiger partial charge >= 0.3 is 12.3 Å². The second-order valence-electron chi connectivity index (χ2n) is 9.48. The smallest absolute Gasteiger partial charge is 0.416 e. The molecule has 0 unspecified atom stereocenters. The van der Waals surface area contributed by atoms with E-state index in [2.05, 4.69) is 20.3 Å². The number of fused-ring (bicyclic) bond motifs is 1. The fraction of sp³-hybridized carbons (Fsp3) is 0.440. The van der Waals surface area contributed by atoms with E-state index in [-0.39, 0.29) is 22.7 Å². The molecule has 0 radical (unpaired) electrons. The summed E-state index contributed by atoms with van der Waals surface area (Å²) in [4.78, 5) is 35.5. The molecular weight excluding hydrogens is 497 g/mol. The number of H-pyrrole nitrogens is 1. The fourth-order valence-corrected chi connectivity index (χ4v) is 4.05. The Morgan fingerprint density at radius 2 is 1.89 bits per heavy atom. The Morgan fingerprint density at radius 3 is 2.56 bits per heavy atom. The lowest BCUT2D eigenvalue weighted by Gasteiger charge is -2.24. The van der Waals surface area contributed by atoms with Crippen molar-refractivity contribution in [1.29, 1.82) is 0 Å². The van der Waals surface area contributed by atoms with Gasteiger partial charge in [0.25, 0.3) is 5.56 Å². The molecule has 2 N–H and O–H groups in total. The van der Waals surface area contributed by atoms with Crippen molar-refractivity contribution in [3.05, 3.63) is 68.5 Å². The van der Waals surface area contributed by atoms with Crippen LogP contribution in [-0.2, 0) is 23.8 Å². The van der Waals surface area contributed by atoms with E-state index in [9.17, 15) is 22.8 Å². The number of hydrogen-bond acceptors (Lipinski definition) is 5. The van der Waals surface area contributed by atoms with E-state index in [0.29, 0.717) is 41.6 Å². The third-order valence-corrected chi connectivity index (χ3v) is 5.62. The third-order valence-electron chi connectivity index (χ3n) is 5.42. The van der Waals surface area contributed by atoms with E-state index in [1.165, 1.54) is 18.3 Å². The predicted octanol–water partition coefficient (Wildman–Crippen LogP) is 6.14.